The number of rotatable bonds is 2. The first-order chi connectivity index (χ1) is 10.0. The van der Waals surface area contributed by atoms with Gasteiger partial charge in [0.05, 0.1) is 0 Å². The lowest BCUT2D eigenvalue weighted by atomic mass is 9.85. The molecule has 0 saturated carbocycles. The zero-order valence-electron chi connectivity index (χ0n) is 12.7. The minimum Gasteiger partial charge on any atom is -0.488 e. The lowest BCUT2D eigenvalue weighted by Gasteiger charge is -2.36. The lowest BCUT2D eigenvalue weighted by Crippen LogP contribution is -2.48. The number of nitrogens with one attached hydrogen (secondary N) is 1. The van der Waals surface area contributed by atoms with Crippen LogP contribution >= 0.6 is 15.9 Å². The normalized spacial score (nSPS) is 33.8. The molecule has 0 bridgehead atoms. The number of likely N-dealkylation sites (tertiary alicyclic amines) is 1. The summed E-state index contributed by atoms with van der Waals surface area (Å²) >= 11 is 3.55. The van der Waals surface area contributed by atoms with Crippen molar-refractivity contribution >= 4 is 15.9 Å². The van der Waals surface area contributed by atoms with E-state index in [1.807, 2.05) is 0 Å². The Morgan fingerprint density at radius 3 is 3.05 bits per heavy atom. The number of halogens is 1. The molecule has 0 aliphatic carbocycles. The second kappa shape index (κ2) is 4.97. The molecule has 4 heteroatoms. The van der Waals surface area contributed by atoms with Crippen molar-refractivity contribution in [2.24, 2.45) is 11.8 Å². The van der Waals surface area contributed by atoms with Crippen LogP contribution in [0.1, 0.15) is 19.4 Å². The maximum atomic E-state index is 6.16. The maximum absolute atomic E-state index is 6.16. The molecule has 4 rings (SSSR count). The topological polar surface area (TPSA) is 24.5 Å². The molecule has 1 aromatic carbocycles. The summed E-state index contributed by atoms with van der Waals surface area (Å²) in [4.78, 5) is 2.66. The van der Waals surface area contributed by atoms with Crippen LogP contribution in [-0.4, -0.2) is 42.7 Å². The molecule has 3 nitrogen and oxygen atoms in total. The minimum atomic E-state index is 0.285. The molecule has 3 unspecified atom stereocenters. The van der Waals surface area contributed by atoms with E-state index in [4.69, 9.17) is 4.74 Å². The molecule has 114 valence electrons. The average molecular weight is 351 g/mol. The summed E-state index contributed by atoms with van der Waals surface area (Å²) in [6.45, 7) is 9.43. The van der Waals surface area contributed by atoms with Crippen LogP contribution in [0, 0.1) is 11.8 Å². The van der Waals surface area contributed by atoms with E-state index in [0.717, 1.165) is 35.0 Å². The summed E-state index contributed by atoms with van der Waals surface area (Å²) in [6, 6.07) is 6.35. The van der Waals surface area contributed by atoms with E-state index in [0.29, 0.717) is 6.10 Å². The van der Waals surface area contributed by atoms with Crippen molar-refractivity contribution in [3.63, 3.8) is 0 Å². The van der Waals surface area contributed by atoms with Gasteiger partial charge in [0.1, 0.15) is 11.9 Å². The first kappa shape index (κ1) is 14.0. The summed E-state index contributed by atoms with van der Waals surface area (Å²) in [6.07, 6.45) is 1.34. The first-order valence-corrected chi connectivity index (χ1v) is 8.74. The molecule has 1 aromatic rings. The Morgan fingerprint density at radius 1 is 1.38 bits per heavy atom. The van der Waals surface area contributed by atoms with Crippen molar-refractivity contribution < 1.29 is 4.74 Å². The summed E-state index contributed by atoms with van der Waals surface area (Å²) in [5.74, 6) is 2.68. The van der Waals surface area contributed by atoms with Crippen molar-refractivity contribution in [1.82, 2.24) is 10.2 Å². The third kappa shape index (κ3) is 2.32. The molecular weight excluding hydrogens is 328 g/mol. The summed E-state index contributed by atoms with van der Waals surface area (Å²) in [7, 11) is 0. The van der Waals surface area contributed by atoms with Gasteiger partial charge in [0.25, 0.3) is 0 Å². The molecule has 0 aromatic heterocycles. The Hall–Kier alpha value is -0.580. The lowest BCUT2D eigenvalue weighted by molar-refractivity contribution is 0.0859. The Labute approximate surface area is 135 Å². The van der Waals surface area contributed by atoms with Gasteiger partial charge >= 0.3 is 0 Å². The quantitative estimate of drug-likeness (QED) is 0.887. The molecule has 2 fully saturated rings. The second-order valence-corrected chi connectivity index (χ2v) is 8.20. The van der Waals surface area contributed by atoms with Gasteiger partial charge in [-0.15, -0.1) is 0 Å². The Kier molecular flexibility index (Phi) is 3.32. The fraction of sp³-hybridized carbons (Fsp3) is 0.647. The second-order valence-electron chi connectivity index (χ2n) is 7.28. The van der Waals surface area contributed by atoms with Crippen molar-refractivity contribution in [2.75, 3.05) is 26.2 Å². The molecule has 0 spiro atoms. The largest absolute Gasteiger partial charge is 0.488 e. The van der Waals surface area contributed by atoms with Gasteiger partial charge in [-0.3, -0.25) is 4.90 Å². The molecule has 3 aliphatic rings. The summed E-state index contributed by atoms with van der Waals surface area (Å²) in [5, 5.41) is 3.55. The first-order valence-electron chi connectivity index (χ1n) is 7.95. The molecule has 1 N–H and O–H groups in total. The number of ether oxygens (including phenoxy) is 1. The number of fused-ring (bicyclic) bond motifs is 2. The van der Waals surface area contributed by atoms with Crippen LogP contribution in [0.4, 0.5) is 0 Å². The van der Waals surface area contributed by atoms with Crippen LogP contribution in [0.2, 0.25) is 0 Å². The highest BCUT2D eigenvalue weighted by Crippen LogP contribution is 2.41. The zero-order chi connectivity index (χ0) is 14.6. The minimum absolute atomic E-state index is 0.285. The summed E-state index contributed by atoms with van der Waals surface area (Å²) < 4.78 is 7.31. The number of benzene rings is 1. The molecular formula is C17H23BrN2O. The smallest absolute Gasteiger partial charge is 0.123 e. The number of hydrogen-bond donors (Lipinski definition) is 1. The predicted octanol–water partition coefficient (Wildman–Crippen LogP) is 2.68. The van der Waals surface area contributed by atoms with Gasteiger partial charge in [0.2, 0.25) is 0 Å². The van der Waals surface area contributed by atoms with Gasteiger partial charge in [-0.05, 0) is 56.0 Å². The van der Waals surface area contributed by atoms with Crippen LogP contribution in [0.5, 0.6) is 5.75 Å². The molecule has 2 saturated heterocycles. The van der Waals surface area contributed by atoms with Crippen LogP contribution in [0.3, 0.4) is 0 Å². The third-order valence-electron chi connectivity index (χ3n) is 5.70. The van der Waals surface area contributed by atoms with E-state index in [1.165, 1.54) is 25.2 Å². The van der Waals surface area contributed by atoms with E-state index >= 15 is 0 Å². The van der Waals surface area contributed by atoms with Gasteiger partial charge in [0.15, 0.2) is 0 Å². The highest BCUT2D eigenvalue weighted by Gasteiger charge is 2.50. The highest BCUT2D eigenvalue weighted by atomic mass is 79.9. The van der Waals surface area contributed by atoms with Gasteiger partial charge in [0, 0.05) is 36.1 Å². The van der Waals surface area contributed by atoms with Gasteiger partial charge in [-0.25, -0.2) is 0 Å². The molecule has 3 aliphatic heterocycles. The van der Waals surface area contributed by atoms with E-state index < -0.39 is 0 Å². The van der Waals surface area contributed by atoms with Crippen molar-refractivity contribution in [3.05, 3.63) is 28.2 Å². The monoisotopic (exact) mass is 350 g/mol. The number of hydrogen-bond acceptors (Lipinski definition) is 3. The van der Waals surface area contributed by atoms with Crippen LogP contribution in [0.15, 0.2) is 22.7 Å². The Balaban J connectivity index is 1.46. The molecule has 3 atom stereocenters. The third-order valence-corrected chi connectivity index (χ3v) is 6.20. The van der Waals surface area contributed by atoms with E-state index in [9.17, 15) is 0 Å². The van der Waals surface area contributed by atoms with Crippen molar-refractivity contribution in [1.29, 1.82) is 0 Å². The fourth-order valence-electron chi connectivity index (χ4n) is 4.45. The van der Waals surface area contributed by atoms with Gasteiger partial charge < -0.3 is 10.1 Å². The predicted molar refractivity (Wildman–Crippen MR) is 87.8 cm³/mol. The van der Waals surface area contributed by atoms with E-state index in [-0.39, 0.29) is 5.54 Å². The molecule has 0 amide bonds. The molecule has 21 heavy (non-hydrogen) atoms. The van der Waals surface area contributed by atoms with Crippen molar-refractivity contribution in [3.8, 4) is 5.75 Å². The number of nitrogens with zero attached hydrogens (tertiary/aromatic N) is 1. The van der Waals surface area contributed by atoms with E-state index in [2.05, 4.69) is 58.2 Å². The fourth-order valence-corrected chi connectivity index (χ4v) is 4.86. The van der Waals surface area contributed by atoms with Crippen LogP contribution in [-0.2, 0) is 6.42 Å². The van der Waals surface area contributed by atoms with Crippen molar-refractivity contribution in [2.45, 2.75) is 31.9 Å². The Bertz CT molecular complexity index is 560. The zero-order valence-corrected chi connectivity index (χ0v) is 14.3. The standard InChI is InChI=1S/C17H23BrN2O/c1-17(2)15-8-19-7-12(15)9-20(17)10-14-6-11-5-13(18)3-4-16(11)21-14/h3-5,12,14-15,19H,6-10H2,1-2H3. The van der Waals surface area contributed by atoms with E-state index in [1.54, 1.807) is 0 Å². The SMILES string of the molecule is CC1(C)C2CNCC2CN1CC1Cc2cc(Br)ccc2O1. The van der Waals surface area contributed by atoms with Gasteiger partial charge in [-0.1, -0.05) is 15.9 Å². The van der Waals surface area contributed by atoms with Crippen LogP contribution < -0.4 is 10.1 Å². The maximum Gasteiger partial charge on any atom is 0.123 e. The Morgan fingerprint density at radius 2 is 2.24 bits per heavy atom. The molecule has 3 heterocycles. The van der Waals surface area contributed by atoms with Crippen LogP contribution in [0.25, 0.3) is 0 Å². The van der Waals surface area contributed by atoms with Gasteiger partial charge in [-0.2, -0.15) is 0 Å². The highest BCUT2D eigenvalue weighted by molar-refractivity contribution is 9.10. The average Bonchev–Trinajstić information content (AvgIpc) is 3.07. The summed E-state index contributed by atoms with van der Waals surface area (Å²) in [5.41, 5.74) is 1.63. The molecule has 0 radical (unpaired) electrons.